The molecule has 0 radical (unpaired) electrons. The Balaban J connectivity index is 1.29. The minimum absolute atomic E-state index is 0.0572. The van der Waals surface area contributed by atoms with Gasteiger partial charge in [-0.1, -0.05) is 0 Å². The monoisotopic (exact) mass is 429 g/mol. The van der Waals surface area contributed by atoms with Crippen molar-refractivity contribution >= 4 is 27.9 Å². The molecule has 162 valence electrons. The average molecular weight is 429 g/mol. The number of imide groups is 1. The molecule has 3 amide bonds. The van der Waals surface area contributed by atoms with Gasteiger partial charge in [0.25, 0.3) is 11.8 Å². The molecule has 4 aliphatic rings. The van der Waals surface area contributed by atoms with Crippen molar-refractivity contribution in [3.63, 3.8) is 0 Å². The van der Waals surface area contributed by atoms with Gasteiger partial charge in [-0.2, -0.15) is 4.31 Å². The summed E-state index contributed by atoms with van der Waals surface area (Å²) < 4.78 is 32.6. The number of hydroxylamine groups is 2. The summed E-state index contributed by atoms with van der Waals surface area (Å²) in [5.74, 6) is -0.508. The quantitative estimate of drug-likeness (QED) is 0.584. The number of likely N-dealkylation sites (tertiary alicyclic amines) is 1. The number of sulfonamides is 1. The van der Waals surface area contributed by atoms with Crippen LogP contribution in [-0.2, 0) is 29.2 Å². The van der Waals surface area contributed by atoms with Crippen molar-refractivity contribution in [3.05, 3.63) is 0 Å². The Kier molecular flexibility index (Phi) is 5.32. The summed E-state index contributed by atoms with van der Waals surface area (Å²) in [6.45, 7) is 1.07. The number of piperidine rings is 1. The first kappa shape index (κ1) is 20.5. The zero-order chi connectivity index (χ0) is 20.8. The van der Waals surface area contributed by atoms with E-state index in [0.29, 0.717) is 49.9 Å². The van der Waals surface area contributed by atoms with Gasteiger partial charge in [0.1, 0.15) is 0 Å². The molecule has 0 aromatic carbocycles. The van der Waals surface area contributed by atoms with E-state index in [1.165, 1.54) is 9.21 Å². The molecular weight excluding hydrogens is 402 g/mol. The Hall–Kier alpha value is -1.72. The number of carbonyl (C=O) groups is 3. The molecule has 3 aliphatic heterocycles. The van der Waals surface area contributed by atoms with Gasteiger partial charge in [0, 0.05) is 33.0 Å². The second-order valence-corrected chi connectivity index (χ2v) is 10.6. The molecule has 3 saturated heterocycles. The third-order valence-corrected chi connectivity index (χ3v) is 8.46. The molecule has 4 rings (SSSR count). The second-order valence-electron chi connectivity index (χ2n) is 8.52. The Morgan fingerprint density at radius 3 is 2.41 bits per heavy atom. The molecule has 1 atom stereocenters. The predicted molar refractivity (Wildman–Crippen MR) is 99.7 cm³/mol. The van der Waals surface area contributed by atoms with E-state index in [4.69, 9.17) is 9.57 Å². The third kappa shape index (κ3) is 4.26. The number of carbonyl (C=O) groups excluding carboxylic acids is 3. The molecule has 1 spiro atoms. The van der Waals surface area contributed by atoms with Gasteiger partial charge in [0.2, 0.25) is 10.0 Å². The van der Waals surface area contributed by atoms with Crippen molar-refractivity contribution in [1.29, 1.82) is 0 Å². The van der Waals surface area contributed by atoms with Gasteiger partial charge >= 0.3 is 6.09 Å². The zero-order valence-corrected chi connectivity index (χ0v) is 17.4. The van der Waals surface area contributed by atoms with Gasteiger partial charge in [0.15, 0.2) is 0 Å². The fourth-order valence-corrected chi connectivity index (χ4v) is 5.97. The SMILES string of the molecule is CN([C@H]1COC2(CCN(C(=O)ON3C(=O)CCC3=O)CC2)C1)S(=O)(=O)CC1CC1. The lowest BCUT2D eigenvalue weighted by Gasteiger charge is -2.38. The average Bonchev–Trinajstić information content (AvgIpc) is 3.32. The summed E-state index contributed by atoms with van der Waals surface area (Å²) in [5.41, 5.74) is -0.454. The largest absolute Gasteiger partial charge is 0.434 e. The lowest BCUT2D eigenvalue weighted by atomic mass is 9.87. The maximum absolute atomic E-state index is 12.5. The number of ether oxygens (including phenoxy) is 1. The van der Waals surface area contributed by atoms with Crippen LogP contribution < -0.4 is 0 Å². The molecule has 3 heterocycles. The summed E-state index contributed by atoms with van der Waals surface area (Å²) in [7, 11) is -1.66. The summed E-state index contributed by atoms with van der Waals surface area (Å²) in [4.78, 5) is 41.9. The van der Waals surface area contributed by atoms with Gasteiger partial charge in [-0.05, 0) is 38.0 Å². The summed E-state index contributed by atoms with van der Waals surface area (Å²) in [6.07, 6.45) is 3.07. The minimum atomic E-state index is -3.28. The number of nitrogens with zero attached hydrogens (tertiary/aromatic N) is 3. The van der Waals surface area contributed by atoms with Crippen molar-refractivity contribution in [2.45, 2.75) is 56.6 Å². The Labute approximate surface area is 170 Å². The van der Waals surface area contributed by atoms with Gasteiger partial charge in [-0.3, -0.25) is 9.59 Å². The summed E-state index contributed by atoms with van der Waals surface area (Å²) in [6, 6.07) is -0.197. The molecule has 0 aromatic heterocycles. The maximum atomic E-state index is 12.5. The molecule has 10 nitrogen and oxygen atoms in total. The number of likely N-dealkylation sites (N-methyl/N-ethyl adjacent to an activating group) is 1. The molecule has 1 saturated carbocycles. The third-order valence-electron chi connectivity index (χ3n) is 6.39. The number of hydrogen-bond acceptors (Lipinski definition) is 7. The van der Waals surface area contributed by atoms with Crippen LogP contribution in [0.5, 0.6) is 0 Å². The smallest absolute Gasteiger partial charge is 0.373 e. The topological polar surface area (TPSA) is 114 Å². The van der Waals surface area contributed by atoms with Crippen LogP contribution in [0, 0.1) is 5.92 Å². The second kappa shape index (κ2) is 7.51. The van der Waals surface area contributed by atoms with Gasteiger partial charge in [0.05, 0.1) is 24.0 Å². The summed E-state index contributed by atoms with van der Waals surface area (Å²) >= 11 is 0. The number of hydrogen-bond donors (Lipinski definition) is 0. The van der Waals surface area contributed by atoms with Gasteiger partial charge in [-0.15, -0.1) is 5.06 Å². The molecule has 1 aliphatic carbocycles. The van der Waals surface area contributed by atoms with E-state index in [-0.39, 0.29) is 24.6 Å². The van der Waals surface area contributed by atoms with E-state index in [1.54, 1.807) is 7.05 Å². The fourth-order valence-electron chi connectivity index (χ4n) is 4.22. The van der Waals surface area contributed by atoms with Crippen molar-refractivity contribution in [2.75, 3.05) is 32.5 Å². The minimum Gasteiger partial charge on any atom is -0.373 e. The maximum Gasteiger partial charge on any atom is 0.434 e. The summed E-state index contributed by atoms with van der Waals surface area (Å²) in [5, 5.41) is 0.550. The van der Waals surface area contributed by atoms with Crippen molar-refractivity contribution in [2.24, 2.45) is 5.92 Å². The van der Waals surface area contributed by atoms with Crippen LogP contribution in [0.25, 0.3) is 0 Å². The Morgan fingerprint density at radius 2 is 1.83 bits per heavy atom. The highest BCUT2D eigenvalue weighted by molar-refractivity contribution is 7.89. The zero-order valence-electron chi connectivity index (χ0n) is 16.5. The lowest BCUT2D eigenvalue weighted by Crippen LogP contribution is -2.49. The van der Waals surface area contributed by atoms with Crippen LogP contribution in [0.1, 0.15) is 44.9 Å². The van der Waals surface area contributed by atoms with Crippen molar-refractivity contribution in [3.8, 4) is 0 Å². The van der Waals surface area contributed by atoms with Crippen molar-refractivity contribution in [1.82, 2.24) is 14.3 Å². The lowest BCUT2D eigenvalue weighted by molar-refractivity contribution is -0.174. The van der Waals surface area contributed by atoms with Crippen LogP contribution >= 0.6 is 0 Å². The Morgan fingerprint density at radius 1 is 1.21 bits per heavy atom. The standard InChI is InChI=1S/C18H27N3O7S/c1-19(29(25,26)12-13-2-3-13)14-10-18(27-11-14)6-8-20(9-7-18)17(24)28-21-15(22)4-5-16(21)23/h13-14H,2-12H2,1H3/t14-/m1/s1. The molecule has 0 unspecified atom stereocenters. The highest BCUT2D eigenvalue weighted by Gasteiger charge is 2.47. The van der Waals surface area contributed by atoms with E-state index in [2.05, 4.69) is 0 Å². The first-order valence-electron chi connectivity index (χ1n) is 10.1. The van der Waals surface area contributed by atoms with Gasteiger partial charge in [-0.25, -0.2) is 13.2 Å². The highest BCUT2D eigenvalue weighted by Crippen LogP contribution is 2.39. The highest BCUT2D eigenvalue weighted by atomic mass is 32.2. The predicted octanol–water partition coefficient (Wildman–Crippen LogP) is 0.482. The van der Waals surface area contributed by atoms with Crippen LogP contribution in [0.3, 0.4) is 0 Å². The van der Waals surface area contributed by atoms with Crippen LogP contribution in [0.15, 0.2) is 0 Å². The first-order valence-corrected chi connectivity index (χ1v) is 11.7. The number of rotatable bonds is 5. The van der Waals surface area contributed by atoms with E-state index in [1.807, 2.05) is 0 Å². The number of amides is 3. The molecule has 4 fully saturated rings. The van der Waals surface area contributed by atoms with E-state index < -0.39 is 33.5 Å². The van der Waals surface area contributed by atoms with Gasteiger partial charge < -0.3 is 14.5 Å². The fraction of sp³-hybridized carbons (Fsp3) is 0.833. The molecular formula is C18H27N3O7S. The molecule has 0 bridgehead atoms. The molecule has 11 heteroatoms. The molecule has 0 aromatic rings. The van der Waals surface area contributed by atoms with Crippen LogP contribution in [0.4, 0.5) is 4.79 Å². The first-order chi connectivity index (χ1) is 13.7. The Bertz CT molecular complexity index is 786. The molecule has 0 N–H and O–H groups in total. The normalized spacial score (nSPS) is 27.3. The van der Waals surface area contributed by atoms with E-state index in [0.717, 1.165) is 12.8 Å². The van der Waals surface area contributed by atoms with E-state index >= 15 is 0 Å². The van der Waals surface area contributed by atoms with Crippen LogP contribution in [0.2, 0.25) is 0 Å². The van der Waals surface area contributed by atoms with Crippen LogP contribution in [-0.4, -0.2) is 84.7 Å². The van der Waals surface area contributed by atoms with Crippen molar-refractivity contribution < 1.29 is 32.4 Å². The van der Waals surface area contributed by atoms with E-state index in [9.17, 15) is 22.8 Å². The molecule has 29 heavy (non-hydrogen) atoms.